The molecule has 0 nitrogen and oxygen atoms in total. The average molecular weight is 557 g/mol. The van der Waals surface area contributed by atoms with Crippen LogP contribution in [0.15, 0.2) is 170 Å². The Bertz CT molecular complexity index is 2540. The molecule has 0 aliphatic carbocycles. The molecule has 0 unspecified atom stereocenters. The van der Waals surface area contributed by atoms with E-state index >= 15 is 0 Å². The monoisotopic (exact) mass is 556 g/mol. The highest BCUT2D eigenvalue weighted by Gasteiger charge is 2.19. The quantitative estimate of drug-likeness (QED) is 0.150. The maximum Gasteiger partial charge on any atom is -0.00197 e. The highest BCUT2D eigenvalue weighted by molar-refractivity contribution is 6.26. The van der Waals surface area contributed by atoms with Crippen LogP contribution < -0.4 is 0 Å². The Kier molecular flexibility index (Phi) is 5.61. The molecular formula is C44H28. The summed E-state index contributed by atoms with van der Waals surface area (Å²) >= 11 is 0. The summed E-state index contributed by atoms with van der Waals surface area (Å²) in [5.74, 6) is 0. The molecule has 204 valence electrons. The lowest BCUT2D eigenvalue weighted by Crippen LogP contribution is -1.93. The molecule has 0 atom stereocenters. The van der Waals surface area contributed by atoms with Gasteiger partial charge in [0, 0.05) is 0 Å². The Hall–Kier alpha value is -5.72. The van der Waals surface area contributed by atoms with Gasteiger partial charge in [0.25, 0.3) is 0 Å². The van der Waals surface area contributed by atoms with E-state index in [1.54, 1.807) is 0 Å². The first-order valence-electron chi connectivity index (χ1n) is 15.3. The molecule has 0 aliphatic heterocycles. The van der Waals surface area contributed by atoms with Gasteiger partial charge in [-0.3, -0.25) is 0 Å². The summed E-state index contributed by atoms with van der Waals surface area (Å²) in [7, 11) is 0. The summed E-state index contributed by atoms with van der Waals surface area (Å²) in [6, 6.07) is 62.4. The standard InChI is InChI=1S/C44H28/c1-2-13-30(14-3-1)43-38-20-10-11-21-39(38)44(41-28-34-16-6-7-17-35(34)36-18-8-9-19-37(36)41)42-27-33(24-25-40(42)43)32-23-22-29-12-4-5-15-31(29)26-32/h1-28H. The van der Waals surface area contributed by atoms with Crippen molar-refractivity contribution in [2.75, 3.05) is 0 Å². The molecule has 0 aromatic heterocycles. The van der Waals surface area contributed by atoms with Gasteiger partial charge in [0.2, 0.25) is 0 Å². The van der Waals surface area contributed by atoms with E-state index in [4.69, 9.17) is 0 Å². The summed E-state index contributed by atoms with van der Waals surface area (Å²) in [6.45, 7) is 0. The third kappa shape index (κ3) is 3.85. The zero-order valence-corrected chi connectivity index (χ0v) is 24.2. The maximum atomic E-state index is 2.43. The largest absolute Gasteiger partial charge is 0.0622 e. The van der Waals surface area contributed by atoms with Gasteiger partial charge in [0.15, 0.2) is 0 Å². The van der Waals surface area contributed by atoms with Crippen LogP contribution in [0.3, 0.4) is 0 Å². The van der Waals surface area contributed by atoms with Crippen LogP contribution in [0.1, 0.15) is 0 Å². The van der Waals surface area contributed by atoms with Gasteiger partial charge in [-0.05, 0) is 105 Å². The first-order chi connectivity index (χ1) is 21.8. The van der Waals surface area contributed by atoms with Crippen LogP contribution in [0.25, 0.3) is 87.2 Å². The molecule has 0 aliphatic rings. The summed E-state index contributed by atoms with van der Waals surface area (Å²) in [5, 5.41) is 12.7. The van der Waals surface area contributed by atoms with Gasteiger partial charge >= 0.3 is 0 Å². The van der Waals surface area contributed by atoms with Crippen molar-refractivity contribution in [1.82, 2.24) is 0 Å². The number of fused-ring (bicyclic) bond motifs is 6. The van der Waals surface area contributed by atoms with Gasteiger partial charge in [-0.25, -0.2) is 0 Å². The molecule has 0 amide bonds. The fraction of sp³-hybridized carbons (Fsp3) is 0. The van der Waals surface area contributed by atoms with Gasteiger partial charge in [-0.1, -0.05) is 152 Å². The van der Waals surface area contributed by atoms with Crippen LogP contribution in [0.5, 0.6) is 0 Å². The third-order valence-corrected chi connectivity index (χ3v) is 9.21. The highest BCUT2D eigenvalue weighted by Crippen LogP contribution is 2.47. The van der Waals surface area contributed by atoms with Gasteiger partial charge in [-0.2, -0.15) is 0 Å². The number of hydrogen-bond donors (Lipinski definition) is 0. The van der Waals surface area contributed by atoms with E-state index in [0.717, 1.165) is 0 Å². The van der Waals surface area contributed by atoms with Gasteiger partial charge in [-0.15, -0.1) is 0 Å². The normalized spacial score (nSPS) is 11.6. The van der Waals surface area contributed by atoms with E-state index in [9.17, 15) is 0 Å². The van der Waals surface area contributed by atoms with Crippen LogP contribution in [0, 0.1) is 0 Å². The zero-order valence-electron chi connectivity index (χ0n) is 24.2. The van der Waals surface area contributed by atoms with Crippen LogP contribution >= 0.6 is 0 Å². The van der Waals surface area contributed by atoms with E-state index in [1.807, 2.05) is 0 Å². The van der Waals surface area contributed by atoms with E-state index in [1.165, 1.54) is 87.2 Å². The minimum Gasteiger partial charge on any atom is -0.0622 e. The Balaban J connectivity index is 1.46. The predicted molar refractivity (Wildman–Crippen MR) is 190 cm³/mol. The summed E-state index contributed by atoms with van der Waals surface area (Å²) in [4.78, 5) is 0. The fourth-order valence-corrected chi connectivity index (χ4v) is 7.19. The van der Waals surface area contributed by atoms with Crippen molar-refractivity contribution in [1.29, 1.82) is 0 Å². The molecule has 0 N–H and O–H groups in total. The molecule has 0 bridgehead atoms. The van der Waals surface area contributed by atoms with Crippen LogP contribution in [0.2, 0.25) is 0 Å². The van der Waals surface area contributed by atoms with Gasteiger partial charge < -0.3 is 0 Å². The van der Waals surface area contributed by atoms with E-state index in [-0.39, 0.29) is 0 Å². The summed E-state index contributed by atoms with van der Waals surface area (Å²) in [5.41, 5.74) is 7.55. The van der Waals surface area contributed by atoms with Gasteiger partial charge in [0.1, 0.15) is 0 Å². The molecule has 9 aromatic carbocycles. The molecule has 0 saturated carbocycles. The second-order valence-corrected chi connectivity index (χ2v) is 11.7. The van der Waals surface area contributed by atoms with Crippen molar-refractivity contribution >= 4 is 53.9 Å². The summed E-state index contributed by atoms with van der Waals surface area (Å²) in [6.07, 6.45) is 0. The average Bonchev–Trinajstić information content (AvgIpc) is 3.10. The molecule has 0 heteroatoms. The van der Waals surface area contributed by atoms with Crippen molar-refractivity contribution in [2.24, 2.45) is 0 Å². The lowest BCUT2D eigenvalue weighted by molar-refractivity contribution is 1.65. The topological polar surface area (TPSA) is 0 Å². The number of rotatable bonds is 3. The second kappa shape index (κ2) is 9.93. The van der Waals surface area contributed by atoms with E-state index in [2.05, 4.69) is 170 Å². The van der Waals surface area contributed by atoms with Crippen molar-refractivity contribution in [3.63, 3.8) is 0 Å². The SMILES string of the molecule is c1ccc(-c2c3ccccc3c(-c3cc4ccccc4c4ccccc34)c3cc(-c4ccc5ccccc5c4)ccc23)cc1. The minimum absolute atomic E-state index is 1.23. The second-order valence-electron chi connectivity index (χ2n) is 11.7. The fourth-order valence-electron chi connectivity index (χ4n) is 7.19. The Labute approximate surface area is 256 Å². The Morgan fingerprint density at radius 1 is 0.227 bits per heavy atom. The summed E-state index contributed by atoms with van der Waals surface area (Å²) < 4.78 is 0. The lowest BCUT2D eigenvalue weighted by Gasteiger charge is -2.20. The first kappa shape index (κ1) is 24.8. The van der Waals surface area contributed by atoms with Crippen molar-refractivity contribution < 1.29 is 0 Å². The molecule has 0 saturated heterocycles. The lowest BCUT2D eigenvalue weighted by atomic mass is 9.83. The highest BCUT2D eigenvalue weighted by atomic mass is 14.2. The van der Waals surface area contributed by atoms with Crippen molar-refractivity contribution in [2.45, 2.75) is 0 Å². The molecule has 9 rings (SSSR count). The van der Waals surface area contributed by atoms with Crippen molar-refractivity contribution in [3.8, 4) is 33.4 Å². The van der Waals surface area contributed by atoms with E-state index < -0.39 is 0 Å². The Morgan fingerprint density at radius 3 is 1.57 bits per heavy atom. The number of benzene rings is 9. The molecule has 0 fully saturated rings. The molecule has 0 radical (unpaired) electrons. The molecule has 0 spiro atoms. The molecule has 9 aromatic rings. The molecule has 44 heavy (non-hydrogen) atoms. The third-order valence-electron chi connectivity index (χ3n) is 9.21. The maximum absolute atomic E-state index is 2.43. The van der Waals surface area contributed by atoms with Gasteiger partial charge in [0.05, 0.1) is 0 Å². The molecular weight excluding hydrogens is 528 g/mol. The Morgan fingerprint density at radius 2 is 0.773 bits per heavy atom. The van der Waals surface area contributed by atoms with Crippen LogP contribution in [-0.2, 0) is 0 Å². The predicted octanol–water partition coefficient (Wildman–Crippen LogP) is 12.5. The molecule has 0 heterocycles. The van der Waals surface area contributed by atoms with Crippen LogP contribution in [-0.4, -0.2) is 0 Å². The van der Waals surface area contributed by atoms with Crippen molar-refractivity contribution in [3.05, 3.63) is 170 Å². The van der Waals surface area contributed by atoms with E-state index in [0.29, 0.717) is 0 Å². The zero-order chi connectivity index (χ0) is 29.0. The van der Waals surface area contributed by atoms with Crippen LogP contribution in [0.4, 0.5) is 0 Å². The smallest absolute Gasteiger partial charge is 0.00197 e. The first-order valence-corrected chi connectivity index (χ1v) is 15.3. The minimum atomic E-state index is 1.23. The number of hydrogen-bond acceptors (Lipinski definition) is 0.